The maximum absolute atomic E-state index is 13.4. The fraction of sp³-hybridized carbons (Fsp3) is 0.368. The summed E-state index contributed by atoms with van der Waals surface area (Å²) in [6, 6.07) is 17.7. The summed E-state index contributed by atoms with van der Waals surface area (Å²) in [6.07, 6.45) is 1.06. The van der Waals surface area contributed by atoms with Gasteiger partial charge in [0.2, 0.25) is 0 Å². The van der Waals surface area contributed by atoms with Gasteiger partial charge in [0, 0.05) is 12.1 Å². The van der Waals surface area contributed by atoms with Gasteiger partial charge in [-0.1, -0.05) is 56.3 Å². The summed E-state index contributed by atoms with van der Waals surface area (Å²) >= 11 is 0. The van der Waals surface area contributed by atoms with E-state index in [1.54, 1.807) is 12.1 Å². The summed E-state index contributed by atoms with van der Waals surface area (Å²) in [6.45, 7) is 6.54. The van der Waals surface area contributed by atoms with Crippen molar-refractivity contribution in [2.24, 2.45) is 5.92 Å². The molecule has 0 aliphatic heterocycles. The number of benzene rings is 2. The van der Waals surface area contributed by atoms with Crippen molar-refractivity contribution in [3.63, 3.8) is 0 Å². The lowest BCUT2D eigenvalue weighted by molar-refractivity contribution is 0.393. The third-order valence-electron chi connectivity index (χ3n) is 3.71. The van der Waals surface area contributed by atoms with Crippen LogP contribution in [0.3, 0.4) is 0 Å². The summed E-state index contributed by atoms with van der Waals surface area (Å²) in [4.78, 5) is 0. The van der Waals surface area contributed by atoms with Crippen molar-refractivity contribution in [1.82, 2.24) is 5.32 Å². The minimum absolute atomic E-state index is 0.115. The Kier molecular flexibility index (Phi) is 5.51. The monoisotopic (exact) mass is 285 g/mol. The molecule has 0 radical (unpaired) electrons. The highest BCUT2D eigenvalue weighted by atomic mass is 19.1. The van der Waals surface area contributed by atoms with Crippen LogP contribution in [0.15, 0.2) is 54.6 Å². The van der Waals surface area contributed by atoms with E-state index in [-0.39, 0.29) is 17.9 Å². The molecule has 0 aromatic heterocycles. The lowest BCUT2D eigenvalue weighted by atomic mass is 9.95. The average molecular weight is 285 g/mol. The highest BCUT2D eigenvalue weighted by molar-refractivity contribution is 5.22. The van der Waals surface area contributed by atoms with Gasteiger partial charge in [-0.25, -0.2) is 4.39 Å². The second-order valence-corrected chi connectivity index (χ2v) is 6.04. The summed E-state index contributed by atoms with van der Waals surface area (Å²) in [5, 5.41) is 3.64. The number of nitrogens with one attached hydrogen (secondary N) is 1. The van der Waals surface area contributed by atoms with Gasteiger partial charge < -0.3 is 5.32 Å². The maximum atomic E-state index is 13.4. The van der Waals surface area contributed by atoms with E-state index in [1.165, 1.54) is 11.6 Å². The average Bonchev–Trinajstić information content (AvgIpc) is 2.47. The minimum Gasteiger partial charge on any atom is -0.303 e. The van der Waals surface area contributed by atoms with Crippen molar-refractivity contribution >= 4 is 0 Å². The lowest BCUT2D eigenvalue weighted by Crippen LogP contribution is -2.26. The molecular formula is C19H24FN. The van der Waals surface area contributed by atoms with Gasteiger partial charge in [0.1, 0.15) is 5.82 Å². The Balaban J connectivity index is 2.15. The zero-order valence-corrected chi connectivity index (χ0v) is 13.0. The SMILES string of the molecule is CC(C)CC(N[C@H](C)c1cccc(F)c1)c1ccccc1. The third-order valence-corrected chi connectivity index (χ3v) is 3.71. The van der Waals surface area contributed by atoms with Gasteiger partial charge >= 0.3 is 0 Å². The third kappa shape index (κ3) is 4.68. The fourth-order valence-electron chi connectivity index (χ4n) is 2.63. The molecule has 0 spiro atoms. The first-order valence-corrected chi connectivity index (χ1v) is 7.62. The van der Waals surface area contributed by atoms with Crippen LogP contribution >= 0.6 is 0 Å². The van der Waals surface area contributed by atoms with Crippen LogP contribution in [0.2, 0.25) is 0 Å². The number of hydrogen-bond donors (Lipinski definition) is 1. The lowest BCUT2D eigenvalue weighted by Gasteiger charge is -2.25. The fourth-order valence-corrected chi connectivity index (χ4v) is 2.63. The topological polar surface area (TPSA) is 12.0 Å². The molecule has 2 atom stereocenters. The van der Waals surface area contributed by atoms with Crippen LogP contribution in [-0.4, -0.2) is 0 Å². The molecule has 21 heavy (non-hydrogen) atoms. The summed E-state index contributed by atoms with van der Waals surface area (Å²) < 4.78 is 13.4. The molecule has 0 saturated carbocycles. The molecule has 2 aromatic carbocycles. The van der Waals surface area contributed by atoms with E-state index >= 15 is 0 Å². The first-order chi connectivity index (χ1) is 10.1. The number of hydrogen-bond acceptors (Lipinski definition) is 1. The molecular weight excluding hydrogens is 261 g/mol. The van der Waals surface area contributed by atoms with E-state index in [0.29, 0.717) is 5.92 Å². The van der Waals surface area contributed by atoms with Gasteiger partial charge in [0.25, 0.3) is 0 Å². The van der Waals surface area contributed by atoms with Crippen molar-refractivity contribution < 1.29 is 4.39 Å². The van der Waals surface area contributed by atoms with Crippen molar-refractivity contribution in [2.75, 3.05) is 0 Å². The van der Waals surface area contributed by atoms with Crippen LogP contribution in [0.1, 0.15) is 50.4 Å². The molecule has 0 aliphatic carbocycles. The second kappa shape index (κ2) is 7.37. The van der Waals surface area contributed by atoms with E-state index in [0.717, 1.165) is 12.0 Å². The van der Waals surface area contributed by atoms with Crippen molar-refractivity contribution in [3.8, 4) is 0 Å². The molecule has 1 nitrogen and oxygen atoms in total. The Morgan fingerprint density at radius 1 is 0.905 bits per heavy atom. The summed E-state index contributed by atoms with van der Waals surface area (Å²) in [7, 11) is 0. The summed E-state index contributed by atoms with van der Waals surface area (Å²) in [5.74, 6) is 0.420. The number of halogens is 1. The Morgan fingerprint density at radius 2 is 1.57 bits per heavy atom. The number of rotatable bonds is 6. The minimum atomic E-state index is -0.179. The van der Waals surface area contributed by atoms with Crippen molar-refractivity contribution in [3.05, 3.63) is 71.5 Å². The predicted octanol–water partition coefficient (Wildman–Crippen LogP) is 5.26. The predicted molar refractivity (Wildman–Crippen MR) is 86.6 cm³/mol. The quantitative estimate of drug-likeness (QED) is 0.763. The zero-order chi connectivity index (χ0) is 15.2. The zero-order valence-electron chi connectivity index (χ0n) is 13.0. The van der Waals surface area contributed by atoms with E-state index in [2.05, 4.69) is 50.4 Å². The molecule has 2 aromatic rings. The van der Waals surface area contributed by atoms with Crippen LogP contribution < -0.4 is 5.32 Å². The van der Waals surface area contributed by atoms with E-state index in [1.807, 2.05) is 12.1 Å². The second-order valence-electron chi connectivity index (χ2n) is 6.04. The van der Waals surface area contributed by atoms with Gasteiger partial charge in [0.05, 0.1) is 0 Å². The van der Waals surface area contributed by atoms with Crippen molar-refractivity contribution in [2.45, 2.75) is 39.3 Å². The highest BCUT2D eigenvalue weighted by Crippen LogP contribution is 2.25. The normalized spacial score (nSPS) is 14.1. The van der Waals surface area contributed by atoms with Crippen LogP contribution in [-0.2, 0) is 0 Å². The van der Waals surface area contributed by atoms with E-state index in [9.17, 15) is 4.39 Å². The first kappa shape index (κ1) is 15.7. The Bertz CT molecular complexity index is 551. The van der Waals surface area contributed by atoms with Crippen LogP contribution in [0.4, 0.5) is 4.39 Å². The molecule has 0 saturated heterocycles. The van der Waals surface area contributed by atoms with Gasteiger partial charge in [-0.05, 0) is 42.5 Å². The Morgan fingerprint density at radius 3 is 2.19 bits per heavy atom. The van der Waals surface area contributed by atoms with E-state index < -0.39 is 0 Å². The molecule has 2 heteroatoms. The van der Waals surface area contributed by atoms with Crippen LogP contribution in [0.25, 0.3) is 0 Å². The first-order valence-electron chi connectivity index (χ1n) is 7.62. The summed E-state index contributed by atoms with van der Waals surface area (Å²) in [5.41, 5.74) is 2.27. The van der Waals surface area contributed by atoms with Gasteiger partial charge in [0.15, 0.2) is 0 Å². The van der Waals surface area contributed by atoms with Crippen LogP contribution in [0, 0.1) is 11.7 Å². The molecule has 112 valence electrons. The highest BCUT2D eigenvalue weighted by Gasteiger charge is 2.16. The standard InChI is InChI=1S/C19H24FN/c1-14(2)12-19(16-8-5-4-6-9-16)21-15(3)17-10-7-11-18(20)13-17/h4-11,13-15,19,21H,12H2,1-3H3/t15-,19?/m1/s1. The molecule has 0 fully saturated rings. The molecule has 0 amide bonds. The molecule has 0 bridgehead atoms. The van der Waals surface area contributed by atoms with Gasteiger partial charge in [-0.3, -0.25) is 0 Å². The molecule has 2 rings (SSSR count). The molecule has 1 N–H and O–H groups in total. The van der Waals surface area contributed by atoms with Gasteiger partial charge in [-0.15, -0.1) is 0 Å². The smallest absolute Gasteiger partial charge is 0.123 e. The van der Waals surface area contributed by atoms with E-state index in [4.69, 9.17) is 0 Å². The maximum Gasteiger partial charge on any atom is 0.123 e. The molecule has 0 heterocycles. The van der Waals surface area contributed by atoms with Crippen molar-refractivity contribution in [1.29, 1.82) is 0 Å². The van der Waals surface area contributed by atoms with Crippen LogP contribution in [0.5, 0.6) is 0 Å². The molecule has 1 unspecified atom stereocenters. The largest absolute Gasteiger partial charge is 0.303 e. The Labute approximate surface area is 127 Å². The molecule has 0 aliphatic rings. The Hall–Kier alpha value is -1.67. The van der Waals surface area contributed by atoms with Gasteiger partial charge in [-0.2, -0.15) is 0 Å².